The van der Waals surface area contributed by atoms with E-state index in [4.69, 9.17) is 15.2 Å². The summed E-state index contributed by atoms with van der Waals surface area (Å²) in [6, 6.07) is 9.45. The van der Waals surface area contributed by atoms with E-state index in [2.05, 4.69) is 18.7 Å². The monoisotopic (exact) mass is 384 g/mol. The fourth-order valence-corrected chi connectivity index (χ4v) is 3.73. The average molecular weight is 384 g/mol. The molecule has 0 aliphatic carbocycles. The van der Waals surface area contributed by atoms with Crippen LogP contribution in [0.3, 0.4) is 0 Å². The molecule has 0 saturated carbocycles. The van der Waals surface area contributed by atoms with Crippen LogP contribution in [0.25, 0.3) is 10.8 Å². The van der Waals surface area contributed by atoms with Gasteiger partial charge in [0.25, 0.3) is 0 Å². The van der Waals surface area contributed by atoms with Crippen molar-refractivity contribution in [3.05, 3.63) is 41.5 Å². The molecule has 0 aromatic heterocycles. The number of ether oxygens (including phenoxy) is 2. The number of nitrogens with zero attached hydrogens (tertiary/aromatic N) is 1. The van der Waals surface area contributed by atoms with Crippen molar-refractivity contribution >= 4 is 22.6 Å². The zero-order chi connectivity index (χ0) is 20.3. The van der Waals surface area contributed by atoms with Crippen molar-refractivity contribution in [1.29, 1.82) is 0 Å². The normalized spacial score (nSPS) is 15.7. The van der Waals surface area contributed by atoms with E-state index in [0.717, 1.165) is 37.1 Å². The fourth-order valence-electron chi connectivity index (χ4n) is 3.73. The summed E-state index contributed by atoms with van der Waals surface area (Å²) < 4.78 is 11.2. The first-order chi connectivity index (χ1) is 13.4. The Bertz CT molecular complexity index is 870. The van der Waals surface area contributed by atoms with Gasteiger partial charge in [0.1, 0.15) is 11.9 Å². The van der Waals surface area contributed by atoms with Crippen LogP contribution in [0, 0.1) is 0 Å². The standard InChI is InChI=1S/C22H28N2O4/c1-4-27-22(26)19-7-5-15-13-17(6-8-18(15)20(19)21(23)25)28-16-9-11-24(12-10-16)14(2)3/h5-8,13-14,16H,4,9-12H2,1-3H3,(H2,23,25). The lowest BCUT2D eigenvalue weighted by atomic mass is 9.98. The SMILES string of the molecule is CCOC(=O)c1ccc2cc(OC3CCN(C(C)C)CC3)ccc2c1C(N)=O. The third-order valence-corrected chi connectivity index (χ3v) is 5.24. The van der Waals surface area contributed by atoms with Gasteiger partial charge in [-0.05, 0) is 68.7 Å². The predicted octanol–water partition coefficient (Wildman–Crippen LogP) is 3.37. The summed E-state index contributed by atoms with van der Waals surface area (Å²) in [6.07, 6.45) is 2.16. The quantitative estimate of drug-likeness (QED) is 0.772. The topological polar surface area (TPSA) is 81.9 Å². The van der Waals surface area contributed by atoms with Crippen LogP contribution in [0.15, 0.2) is 30.3 Å². The van der Waals surface area contributed by atoms with Crippen molar-refractivity contribution in [2.24, 2.45) is 5.73 Å². The minimum absolute atomic E-state index is 0.182. The Morgan fingerprint density at radius 2 is 1.89 bits per heavy atom. The zero-order valence-electron chi connectivity index (χ0n) is 16.7. The van der Waals surface area contributed by atoms with Crippen molar-refractivity contribution in [1.82, 2.24) is 4.90 Å². The van der Waals surface area contributed by atoms with E-state index >= 15 is 0 Å². The molecular weight excluding hydrogens is 356 g/mol. The summed E-state index contributed by atoms with van der Waals surface area (Å²) in [6.45, 7) is 8.45. The van der Waals surface area contributed by atoms with Crippen LogP contribution >= 0.6 is 0 Å². The molecular formula is C22H28N2O4. The van der Waals surface area contributed by atoms with E-state index in [-0.39, 0.29) is 23.8 Å². The van der Waals surface area contributed by atoms with Gasteiger partial charge in [-0.3, -0.25) is 4.79 Å². The molecule has 2 N–H and O–H groups in total. The summed E-state index contributed by atoms with van der Waals surface area (Å²) in [5.41, 5.74) is 5.94. The highest BCUT2D eigenvalue weighted by molar-refractivity contribution is 6.14. The maximum Gasteiger partial charge on any atom is 0.338 e. The number of fused-ring (bicyclic) bond motifs is 1. The van der Waals surface area contributed by atoms with E-state index in [1.54, 1.807) is 25.1 Å². The van der Waals surface area contributed by atoms with E-state index in [9.17, 15) is 9.59 Å². The van der Waals surface area contributed by atoms with Gasteiger partial charge in [-0.1, -0.05) is 6.07 Å². The van der Waals surface area contributed by atoms with E-state index in [1.807, 2.05) is 12.1 Å². The number of piperidine rings is 1. The number of hydrogen-bond donors (Lipinski definition) is 1. The summed E-state index contributed by atoms with van der Waals surface area (Å²) in [7, 11) is 0. The number of benzene rings is 2. The number of primary amides is 1. The number of esters is 1. The number of carbonyl (C=O) groups excluding carboxylic acids is 2. The molecule has 0 bridgehead atoms. The lowest BCUT2D eigenvalue weighted by Crippen LogP contribution is -2.41. The second-order valence-corrected chi connectivity index (χ2v) is 7.40. The first kappa shape index (κ1) is 20.1. The van der Waals surface area contributed by atoms with Gasteiger partial charge < -0.3 is 20.1 Å². The molecule has 0 spiro atoms. The average Bonchev–Trinajstić information content (AvgIpc) is 2.67. The third-order valence-electron chi connectivity index (χ3n) is 5.24. The van der Waals surface area contributed by atoms with Gasteiger partial charge in [0, 0.05) is 19.1 Å². The first-order valence-electron chi connectivity index (χ1n) is 9.85. The summed E-state index contributed by atoms with van der Waals surface area (Å²) in [5.74, 6) is -0.436. The highest BCUT2D eigenvalue weighted by Crippen LogP contribution is 2.28. The third kappa shape index (κ3) is 4.28. The number of likely N-dealkylation sites (tertiary alicyclic amines) is 1. The molecule has 28 heavy (non-hydrogen) atoms. The van der Waals surface area contributed by atoms with Gasteiger partial charge >= 0.3 is 5.97 Å². The molecule has 3 rings (SSSR count). The second kappa shape index (κ2) is 8.61. The summed E-state index contributed by atoms with van der Waals surface area (Å²) in [5, 5.41) is 1.43. The zero-order valence-corrected chi connectivity index (χ0v) is 16.7. The fraction of sp³-hybridized carbons (Fsp3) is 0.455. The van der Waals surface area contributed by atoms with E-state index in [1.165, 1.54) is 0 Å². The van der Waals surface area contributed by atoms with Gasteiger partial charge in [-0.15, -0.1) is 0 Å². The van der Waals surface area contributed by atoms with Gasteiger partial charge in [-0.2, -0.15) is 0 Å². The summed E-state index contributed by atoms with van der Waals surface area (Å²) in [4.78, 5) is 26.6. The molecule has 1 amide bonds. The van der Waals surface area contributed by atoms with Crippen LogP contribution in [-0.2, 0) is 4.74 Å². The van der Waals surface area contributed by atoms with Crippen molar-refractivity contribution in [3.63, 3.8) is 0 Å². The smallest absolute Gasteiger partial charge is 0.338 e. The molecule has 2 aromatic rings. The van der Waals surface area contributed by atoms with Crippen LogP contribution in [0.5, 0.6) is 5.75 Å². The molecule has 150 valence electrons. The van der Waals surface area contributed by atoms with Gasteiger partial charge in [0.15, 0.2) is 0 Å². The maximum absolute atomic E-state index is 12.2. The Morgan fingerprint density at radius 3 is 2.50 bits per heavy atom. The molecule has 2 aromatic carbocycles. The molecule has 1 aliphatic rings. The van der Waals surface area contributed by atoms with Crippen molar-refractivity contribution in [3.8, 4) is 5.75 Å². The Balaban J connectivity index is 1.83. The van der Waals surface area contributed by atoms with Crippen molar-refractivity contribution < 1.29 is 19.1 Å². The number of hydrogen-bond acceptors (Lipinski definition) is 5. The van der Waals surface area contributed by atoms with Crippen LogP contribution in [0.4, 0.5) is 0 Å². The molecule has 6 nitrogen and oxygen atoms in total. The molecule has 6 heteroatoms. The van der Waals surface area contributed by atoms with E-state index in [0.29, 0.717) is 11.4 Å². The van der Waals surface area contributed by atoms with Crippen LogP contribution in [0.1, 0.15) is 54.3 Å². The number of nitrogens with two attached hydrogens (primary N) is 1. The lowest BCUT2D eigenvalue weighted by Gasteiger charge is -2.34. The number of rotatable bonds is 6. The molecule has 1 heterocycles. The van der Waals surface area contributed by atoms with E-state index < -0.39 is 11.9 Å². The highest BCUT2D eigenvalue weighted by Gasteiger charge is 2.23. The van der Waals surface area contributed by atoms with Crippen LogP contribution < -0.4 is 10.5 Å². The van der Waals surface area contributed by atoms with Crippen LogP contribution in [0.2, 0.25) is 0 Å². The predicted molar refractivity (Wildman–Crippen MR) is 109 cm³/mol. The molecule has 1 aliphatic heterocycles. The summed E-state index contributed by atoms with van der Waals surface area (Å²) >= 11 is 0. The maximum atomic E-state index is 12.2. The lowest BCUT2D eigenvalue weighted by molar-refractivity contribution is 0.0523. The highest BCUT2D eigenvalue weighted by atomic mass is 16.5. The number of amides is 1. The Hall–Kier alpha value is -2.60. The molecule has 1 fully saturated rings. The minimum atomic E-state index is -0.650. The largest absolute Gasteiger partial charge is 0.490 e. The van der Waals surface area contributed by atoms with Crippen LogP contribution in [-0.4, -0.2) is 48.6 Å². The van der Waals surface area contributed by atoms with Gasteiger partial charge in [0.05, 0.1) is 17.7 Å². The molecule has 0 unspecified atom stereocenters. The Kier molecular flexibility index (Phi) is 6.19. The minimum Gasteiger partial charge on any atom is -0.490 e. The van der Waals surface area contributed by atoms with Crippen molar-refractivity contribution in [2.75, 3.05) is 19.7 Å². The first-order valence-corrected chi connectivity index (χ1v) is 9.85. The van der Waals surface area contributed by atoms with Crippen molar-refractivity contribution in [2.45, 2.75) is 45.8 Å². The number of carbonyl (C=O) groups is 2. The molecule has 0 radical (unpaired) electrons. The molecule has 0 atom stereocenters. The molecule has 1 saturated heterocycles. The second-order valence-electron chi connectivity index (χ2n) is 7.40. The van der Waals surface area contributed by atoms with Gasteiger partial charge in [0.2, 0.25) is 5.91 Å². The Morgan fingerprint density at radius 1 is 1.18 bits per heavy atom. The Labute approximate surface area is 165 Å². The van der Waals surface area contributed by atoms with Gasteiger partial charge in [-0.25, -0.2) is 4.79 Å².